The lowest BCUT2D eigenvalue weighted by Gasteiger charge is -2.13. The molecule has 150 valence electrons. The van der Waals surface area contributed by atoms with Crippen molar-refractivity contribution in [3.05, 3.63) is 47.5 Å². The SMILES string of the molecule is COC(=O)CCC(=O)NC[C@@H]1Cc2cc(C)cc(-c3nc4ccccc4s3)c2O1. The summed E-state index contributed by atoms with van der Waals surface area (Å²) in [5.41, 5.74) is 4.27. The Balaban J connectivity index is 1.47. The van der Waals surface area contributed by atoms with Gasteiger partial charge in [-0.3, -0.25) is 9.59 Å². The molecule has 0 radical (unpaired) electrons. The number of hydrogen-bond donors (Lipinski definition) is 1. The number of aromatic nitrogens is 1. The molecule has 2 aromatic carbocycles. The first-order valence-corrected chi connectivity index (χ1v) is 10.3. The first kappa shape index (κ1) is 19.4. The number of carbonyl (C=O) groups excluding carboxylic acids is 2. The van der Waals surface area contributed by atoms with E-state index in [2.05, 4.69) is 35.2 Å². The van der Waals surface area contributed by atoms with Crippen LogP contribution in [0.3, 0.4) is 0 Å². The minimum atomic E-state index is -0.388. The molecular weight excluding hydrogens is 388 g/mol. The molecule has 0 saturated heterocycles. The minimum Gasteiger partial charge on any atom is -0.487 e. The number of thiazole rings is 1. The zero-order valence-corrected chi connectivity index (χ0v) is 17.2. The van der Waals surface area contributed by atoms with Crippen LogP contribution in [0.15, 0.2) is 36.4 Å². The molecule has 0 bridgehead atoms. The second kappa shape index (κ2) is 8.21. The lowest BCUT2D eigenvalue weighted by molar-refractivity contribution is -0.142. The van der Waals surface area contributed by atoms with Gasteiger partial charge in [-0.15, -0.1) is 11.3 Å². The molecule has 0 saturated carbocycles. The summed E-state index contributed by atoms with van der Waals surface area (Å²) in [7, 11) is 1.31. The number of rotatable bonds is 6. The lowest BCUT2D eigenvalue weighted by atomic mass is 10.0. The van der Waals surface area contributed by atoms with Gasteiger partial charge in [0.25, 0.3) is 0 Å². The van der Waals surface area contributed by atoms with Gasteiger partial charge in [0.05, 0.1) is 35.9 Å². The van der Waals surface area contributed by atoms with E-state index in [-0.39, 0.29) is 30.8 Å². The number of benzene rings is 2. The van der Waals surface area contributed by atoms with E-state index in [4.69, 9.17) is 9.72 Å². The third kappa shape index (κ3) is 4.24. The topological polar surface area (TPSA) is 77.5 Å². The third-order valence-corrected chi connectivity index (χ3v) is 5.95. The molecule has 1 atom stereocenters. The maximum absolute atomic E-state index is 12.0. The molecule has 29 heavy (non-hydrogen) atoms. The second-order valence-corrected chi connectivity index (χ2v) is 8.14. The van der Waals surface area contributed by atoms with Crippen molar-refractivity contribution in [2.75, 3.05) is 13.7 Å². The zero-order valence-electron chi connectivity index (χ0n) is 16.4. The highest BCUT2D eigenvalue weighted by Gasteiger charge is 2.27. The third-order valence-electron chi connectivity index (χ3n) is 4.88. The average molecular weight is 410 g/mol. The van der Waals surface area contributed by atoms with Gasteiger partial charge in [-0.1, -0.05) is 18.2 Å². The van der Waals surface area contributed by atoms with Crippen molar-refractivity contribution in [2.45, 2.75) is 32.3 Å². The highest BCUT2D eigenvalue weighted by atomic mass is 32.1. The predicted octanol–water partition coefficient (Wildman–Crippen LogP) is 3.64. The number of esters is 1. The van der Waals surface area contributed by atoms with Crippen LogP contribution in [0, 0.1) is 6.92 Å². The Labute approximate surface area is 172 Å². The van der Waals surface area contributed by atoms with Crippen LogP contribution in [0.2, 0.25) is 0 Å². The maximum atomic E-state index is 12.0. The van der Waals surface area contributed by atoms with Crippen molar-refractivity contribution < 1.29 is 19.1 Å². The zero-order chi connectivity index (χ0) is 20.4. The van der Waals surface area contributed by atoms with Crippen molar-refractivity contribution in [2.24, 2.45) is 0 Å². The number of amides is 1. The van der Waals surface area contributed by atoms with E-state index in [9.17, 15) is 9.59 Å². The Kier molecular flexibility index (Phi) is 5.49. The molecule has 1 N–H and O–H groups in total. The van der Waals surface area contributed by atoms with Gasteiger partial charge in [0.2, 0.25) is 5.91 Å². The largest absolute Gasteiger partial charge is 0.487 e. The molecule has 3 aromatic rings. The lowest BCUT2D eigenvalue weighted by Crippen LogP contribution is -2.34. The molecular formula is C22H22N2O4S. The van der Waals surface area contributed by atoms with Gasteiger partial charge in [-0.2, -0.15) is 0 Å². The Morgan fingerprint density at radius 2 is 2.10 bits per heavy atom. The molecule has 4 rings (SSSR count). The van der Waals surface area contributed by atoms with E-state index in [1.807, 2.05) is 18.2 Å². The van der Waals surface area contributed by atoms with Gasteiger partial charge >= 0.3 is 5.97 Å². The van der Waals surface area contributed by atoms with E-state index >= 15 is 0 Å². The Bertz CT molecular complexity index is 1040. The summed E-state index contributed by atoms with van der Waals surface area (Å²) in [6.07, 6.45) is 0.783. The molecule has 0 aliphatic carbocycles. The summed E-state index contributed by atoms with van der Waals surface area (Å²) in [4.78, 5) is 27.9. The van der Waals surface area contributed by atoms with E-state index in [1.54, 1.807) is 11.3 Å². The van der Waals surface area contributed by atoms with E-state index in [0.717, 1.165) is 44.1 Å². The number of fused-ring (bicyclic) bond motifs is 2. The van der Waals surface area contributed by atoms with Crippen LogP contribution in [0.25, 0.3) is 20.8 Å². The monoisotopic (exact) mass is 410 g/mol. The number of nitrogens with zero attached hydrogens (tertiary/aromatic N) is 1. The first-order valence-electron chi connectivity index (χ1n) is 9.53. The van der Waals surface area contributed by atoms with Crippen molar-refractivity contribution >= 4 is 33.4 Å². The number of carbonyl (C=O) groups is 2. The Morgan fingerprint density at radius 3 is 2.90 bits per heavy atom. The van der Waals surface area contributed by atoms with Gasteiger partial charge in [-0.05, 0) is 36.2 Å². The van der Waals surface area contributed by atoms with Crippen LogP contribution >= 0.6 is 11.3 Å². The average Bonchev–Trinajstić information content (AvgIpc) is 3.33. The van der Waals surface area contributed by atoms with Crippen LogP contribution in [0.1, 0.15) is 24.0 Å². The quantitative estimate of drug-likeness (QED) is 0.628. The maximum Gasteiger partial charge on any atom is 0.306 e. The number of ether oxygens (including phenoxy) is 2. The van der Waals surface area contributed by atoms with Crippen LogP contribution in [-0.4, -0.2) is 36.6 Å². The van der Waals surface area contributed by atoms with Gasteiger partial charge in [0.15, 0.2) is 0 Å². The highest BCUT2D eigenvalue weighted by molar-refractivity contribution is 7.21. The summed E-state index contributed by atoms with van der Waals surface area (Å²) in [6.45, 7) is 2.46. The summed E-state index contributed by atoms with van der Waals surface area (Å²) < 4.78 is 11.9. The molecule has 6 nitrogen and oxygen atoms in total. The van der Waals surface area contributed by atoms with Gasteiger partial charge in [0.1, 0.15) is 16.9 Å². The van der Waals surface area contributed by atoms with Crippen molar-refractivity contribution in [1.82, 2.24) is 10.3 Å². The molecule has 0 spiro atoms. The van der Waals surface area contributed by atoms with Crippen molar-refractivity contribution in [1.29, 1.82) is 0 Å². The van der Waals surface area contributed by atoms with Gasteiger partial charge < -0.3 is 14.8 Å². The molecule has 1 aliphatic rings. The number of methoxy groups -OCH3 is 1. The van der Waals surface area contributed by atoms with Crippen molar-refractivity contribution in [3.63, 3.8) is 0 Å². The molecule has 1 amide bonds. The van der Waals surface area contributed by atoms with Gasteiger partial charge in [0, 0.05) is 12.8 Å². The molecule has 7 heteroatoms. The summed E-state index contributed by atoms with van der Waals surface area (Å²) >= 11 is 1.65. The van der Waals surface area contributed by atoms with Gasteiger partial charge in [-0.25, -0.2) is 4.98 Å². The molecule has 1 aromatic heterocycles. The minimum absolute atomic E-state index is 0.0784. The Hall–Kier alpha value is -2.93. The smallest absolute Gasteiger partial charge is 0.306 e. The standard InChI is InChI=1S/C22H22N2O4S/c1-13-9-14-11-15(12-23-19(25)7-8-20(26)27-2)28-21(14)16(10-13)22-24-17-5-3-4-6-18(17)29-22/h3-6,9-10,15H,7-8,11-12H2,1-2H3,(H,23,25)/t15-/m0/s1. The molecule has 0 fully saturated rings. The van der Waals surface area contributed by atoms with Crippen molar-refractivity contribution in [3.8, 4) is 16.3 Å². The fourth-order valence-electron chi connectivity index (χ4n) is 3.49. The van der Waals surface area contributed by atoms with Crippen LogP contribution in [0.4, 0.5) is 0 Å². The number of hydrogen-bond acceptors (Lipinski definition) is 6. The fourth-order valence-corrected chi connectivity index (χ4v) is 4.47. The summed E-state index contributed by atoms with van der Waals surface area (Å²) in [5, 5.41) is 3.79. The van der Waals surface area contributed by atoms with E-state index < -0.39 is 0 Å². The molecule has 2 heterocycles. The highest BCUT2D eigenvalue weighted by Crippen LogP contribution is 2.42. The first-order chi connectivity index (χ1) is 14.0. The van der Waals surface area contributed by atoms with Crippen LogP contribution < -0.4 is 10.1 Å². The second-order valence-electron chi connectivity index (χ2n) is 7.11. The van der Waals surface area contributed by atoms with E-state index in [1.165, 1.54) is 7.11 Å². The van der Waals surface area contributed by atoms with Crippen LogP contribution in [-0.2, 0) is 20.7 Å². The fraction of sp³-hybridized carbons (Fsp3) is 0.318. The number of para-hydroxylation sites is 1. The summed E-state index contributed by atoms with van der Waals surface area (Å²) in [5.74, 6) is 0.279. The number of aryl methyl sites for hydroxylation is 1. The Morgan fingerprint density at radius 1 is 1.28 bits per heavy atom. The molecule has 1 aliphatic heterocycles. The number of nitrogens with one attached hydrogen (secondary N) is 1. The van der Waals surface area contributed by atoms with E-state index in [0.29, 0.717) is 6.54 Å². The molecule has 0 unspecified atom stereocenters. The predicted molar refractivity (Wildman–Crippen MR) is 112 cm³/mol. The van der Waals surface area contributed by atoms with Crippen LogP contribution in [0.5, 0.6) is 5.75 Å². The summed E-state index contributed by atoms with van der Waals surface area (Å²) in [6, 6.07) is 12.3. The normalized spacial score (nSPS) is 15.0.